The number of hydrogen-bond donors (Lipinski definition) is 1. The van der Waals surface area contributed by atoms with Crippen molar-refractivity contribution in [1.82, 2.24) is 0 Å². The Morgan fingerprint density at radius 2 is 1.85 bits per heavy atom. The lowest BCUT2D eigenvalue weighted by Gasteiger charge is -2.30. The fraction of sp³-hybridized carbons (Fsp3) is 0.261. The van der Waals surface area contributed by atoms with E-state index in [1.54, 1.807) is 0 Å². The Kier molecular flexibility index (Phi) is 4.99. The number of fused-ring (bicyclic) bond motifs is 1. The minimum Gasteiger partial charge on any atom is -0.367 e. The second-order valence-electron chi connectivity index (χ2n) is 7.21. The van der Waals surface area contributed by atoms with E-state index < -0.39 is 0 Å². The first-order valence-electron chi connectivity index (χ1n) is 9.35. The minimum absolute atomic E-state index is 0.0287. The van der Waals surface area contributed by atoms with Gasteiger partial charge in [-0.1, -0.05) is 30.3 Å². The molecule has 0 aliphatic carbocycles. The van der Waals surface area contributed by atoms with Crippen molar-refractivity contribution in [2.24, 2.45) is 0 Å². The molecule has 138 valence electrons. The van der Waals surface area contributed by atoms with Gasteiger partial charge in [0.1, 0.15) is 0 Å². The van der Waals surface area contributed by atoms with Crippen molar-refractivity contribution in [1.29, 1.82) is 0 Å². The zero-order valence-electron chi connectivity index (χ0n) is 15.8. The number of nitrogens with zero attached hydrogens (tertiary/aromatic N) is 1. The molecule has 2 aromatic carbocycles. The second-order valence-corrected chi connectivity index (χ2v) is 8.21. The Morgan fingerprint density at radius 3 is 2.59 bits per heavy atom. The highest BCUT2D eigenvalue weighted by Gasteiger charge is 2.19. The number of rotatable bonds is 4. The van der Waals surface area contributed by atoms with E-state index in [2.05, 4.69) is 47.6 Å². The quantitative estimate of drug-likeness (QED) is 0.686. The number of carbonyl (C=O) groups is 1. The normalized spacial score (nSPS) is 13.3. The minimum atomic E-state index is 0.0287. The van der Waals surface area contributed by atoms with E-state index in [4.69, 9.17) is 0 Å². The summed E-state index contributed by atoms with van der Waals surface area (Å²) in [5.74, 6) is 0.0287. The van der Waals surface area contributed by atoms with Crippen molar-refractivity contribution in [2.75, 3.05) is 16.8 Å². The number of benzene rings is 2. The van der Waals surface area contributed by atoms with Crippen LogP contribution in [0.3, 0.4) is 0 Å². The van der Waals surface area contributed by atoms with Crippen molar-refractivity contribution in [3.63, 3.8) is 0 Å². The molecule has 0 radical (unpaired) electrons. The maximum Gasteiger partial charge on any atom is 0.228 e. The predicted octanol–water partition coefficient (Wildman–Crippen LogP) is 5.11. The summed E-state index contributed by atoms with van der Waals surface area (Å²) in [5.41, 5.74) is 6.88. The lowest BCUT2D eigenvalue weighted by Crippen LogP contribution is -2.29. The number of thiophene rings is 1. The van der Waals surface area contributed by atoms with Crippen LogP contribution in [0.4, 0.5) is 11.4 Å². The molecule has 4 rings (SSSR count). The highest BCUT2D eigenvalue weighted by atomic mass is 32.1. The van der Waals surface area contributed by atoms with Crippen molar-refractivity contribution in [2.45, 2.75) is 33.2 Å². The summed E-state index contributed by atoms with van der Waals surface area (Å²) in [7, 11) is 0. The molecule has 1 aliphatic heterocycles. The van der Waals surface area contributed by atoms with Crippen molar-refractivity contribution in [3.05, 3.63) is 81.0 Å². The van der Waals surface area contributed by atoms with Gasteiger partial charge in [-0.3, -0.25) is 4.79 Å². The average Bonchev–Trinajstić information content (AvgIpc) is 3.13. The zero-order valence-corrected chi connectivity index (χ0v) is 16.6. The molecule has 0 saturated heterocycles. The van der Waals surface area contributed by atoms with Crippen LogP contribution in [0.15, 0.2) is 53.9 Å². The van der Waals surface area contributed by atoms with Crippen LogP contribution in [-0.2, 0) is 24.2 Å². The van der Waals surface area contributed by atoms with Gasteiger partial charge in [0, 0.05) is 29.3 Å². The summed E-state index contributed by atoms with van der Waals surface area (Å²) in [5, 5.41) is 5.30. The van der Waals surface area contributed by atoms with Gasteiger partial charge < -0.3 is 10.2 Å². The van der Waals surface area contributed by atoms with E-state index in [1.165, 1.54) is 16.1 Å². The van der Waals surface area contributed by atoms with Gasteiger partial charge in [0.25, 0.3) is 0 Å². The standard InChI is InChI=1S/C23H24N2OS/c1-16-12-20(25-10-8-21-19(15-25)9-11-27-21)13-17(2)23(16)24-22(26)14-18-6-4-3-5-7-18/h3-7,9,11-13H,8,10,14-15H2,1-2H3,(H,24,26). The van der Waals surface area contributed by atoms with Crippen LogP contribution in [-0.4, -0.2) is 12.5 Å². The molecule has 2 heterocycles. The third kappa shape index (κ3) is 3.91. The van der Waals surface area contributed by atoms with Gasteiger partial charge in [0.15, 0.2) is 0 Å². The summed E-state index contributed by atoms with van der Waals surface area (Å²) in [6.07, 6.45) is 1.51. The average molecular weight is 377 g/mol. The second kappa shape index (κ2) is 7.57. The lowest BCUT2D eigenvalue weighted by atomic mass is 10.0. The van der Waals surface area contributed by atoms with Crippen LogP contribution < -0.4 is 10.2 Å². The van der Waals surface area contributed by atoms with Crippen molar-refractivity contribution < 1.29 is 4.79 Å². The van der Waals surface area contributed by atoms with Gasteiger partial charge in [-0.15, -0.1) is 11.3 Å². The third-order valence-corrected chi connectivity index (χ3v) is 6.19. The molecular formula is C23H24N2OS. The van der Waals surface area contributed by atoms with E-state index in [0.29, 0.717) is 6.42 Å². The summed E-state index contributed by atoms with van der Waals surface area (Å²) in [6, 6.07) is 16.5. The van der Waals surface area contributed by atoms with Crippen molar-refractivity contribution >= 4 is 28.6 Å². The molecule has 0 saturated carbocycles. The summed E-state index contributed by atoms with van der Waals surface area (Å²) in [6.45, 7) is 6.17. The Hall–Kier alpha value is -2.59. The van der Waals surface area contributed by atoms with Gasteiger partial charge in [-0.05, 0) is 66.1 Å². The van der Waals surface area contributed by atoms with Gasteiger partial charge in [0.05, 0.1) is 6.42 Å². The summed E-state index contributed by atoms with van der Waals surface area (Å²) >= 11 is 1.86. The molecule has 1 aliphatic rings. The Morgan fingerprint density at radius 1 is 1.11 bits per heavy atom. The highest BCUT2D eigenvalue weighted by Crippen LogP contribution is 2.32. The summed E-state index contributed by atoms with van der Waals surface area (Å²) in [4.78, 5) is 16.4. The number of amides is 1. The van der Waals surface area contributed by atoms with Crippen LogP contribution in [0, 0.1) is 13.8 Å². The molecule has 0 spiro atoms. The maximum atomic E-state index is 12.5. The van der Waals surface area contributed by atoms with Crippen molar-refractivity contribution in [3.8, 4) is 0 Å². The monoisotopic (exact) mass is 376 g/mol. The number of aryl methyl sites for hydroxylation is 2. The molecule has 4 heteroatoms. The van der Waals surface area contributed by atoms with Crippen LogP contribution in [0.25, 0.3) is 0 Å². The first kappa shape index (κ1) is 17.8. The number of anilines is 2. The van der Waals surface area contributed by atoms with Gasteiger partial charge in [-0.2, -0.15) is 0 Å². The fourth-order valence-electron chi connectivity index (χ4n) is 3.75. The smallest absolute Gasteiger partial charge is 0.228 e. The molecule has 0 atom stereocenters. The Bertz CT molecular complexity index is 939. The SMILES string of the molecule is Cc1cc(N2CCc3sccc3C2)cc(C)c1NC(=O)Cc1ccccc1. The van der Waals surface area contributed by atoms with E-state index in [1.807, 2.05) is 41.7 Å². The predicted molar refractivity (Wildman–Crippen MR) is 114 cm³/mol. The topological polar surface area (TPSA) is 32.3 Å². The molecule has 0 fully saturated rings. The number of carbonyl (C=O) groups excluding carboxylic acids is 1. The number of nitrogens with one attached hydrogen (secondary N) is 1. The van der Waals surface area contributed by atoms with E-state index in [0.717, 1.165) is 41.9 Å². The molecule has 27 heavy (non-hydrogen) atoms. The van der Waals surface area contributed by atoms with Crippen LogP contribution in [0.5, 0.6) is 0 Å². The van der Waals surface area contributed by atoms with Gasteiger partial charge in [0.2, 0.25) is 5.91 Å². The van der Waals surface area contributed by atoms with E-state index in [-0.39, 0.29) is 5.91 Å². The maximum absolute atomic E-state index is 12.5. The van der Waals surface area contributed by atoms with Crippen LogP contribution in [0.2, 0.25) is 0 Å². The molecule has 0 unspecified atom stereocenters. The van der Waals surface area contributed by atoms with Crippen LogP contribution in [0.1, 0.15) is 27.1 Å². The molecule has 1 amide bonds. The first-order valence-corrected chi connectivity index (χ1v) is 10.2. The lowest BCUT2D eigenvalue weighted by molar-refractivity contribution is -0.115. The number of hydrogen-bond acceptors (Lipinski definition) is 3. The zero-order chi connectivity index (χ0) is 18.8. The Balaban J connectivity index is 1.50. The van der Waals surface area contributed by atoms with Crippen LogP contribution >= 0.6 is 11.3 Å². The molecule has 0 bridgehead atoms. The van der Waals surface area contributed by atoms with Gasteiger partial charge in [-0.25, -0.2) is 0 Å². The van der Waals surface area contributed by atoms with E-state index in [9.17, 15) is 4.79 Å². The summed E-state index contributed by atoms with van der Waals surface area (Å²) < 4.78 is 0. The molecule has 1 aromatic heterocycles. The third-order valence-electron chi connectivity index (χ3n) is 5.16. The Labute approximate surface area is 164 Å². The largest absolute Gasteiger partial charge is 0.367 e. The van der Waals surface area contributed by atoms with Gasteiger partial charge >= 0.3 is 0 Å². The van der Waals surface area contributed by atoms with E-state index >= 15 is 0 Å². The molecular weight excluding hydrogens is 352 g/mol. The molecule has 1 N–H and O–H groups in total. The molecule has 3 aromatic rings. The highest BCUT2D eigenvalue weighted by molar-refractivity contribution is 7.10. The fourth-order valence-corrected chi connectivity index (χ4v) is 4.64. The molecule has 3 nitrogen and oxygen atoms in total. The first-order chi connectivity index (χ1) is 13.1.